The monoisotopic (exact) mass is 360 g/mol. The van der Waals surface area contributed by atoms with Gasteiger partial charge in [0.2, 0.25) is 0 Å². The molecule has 3 fully saturated rings. The minimum absolute atomic E-state index is 0.125. The lowest BCUT2D eigenvalue weighted by molar-refractivity contribution is -0.0969. The molecule has 1 amide bonds. The molecule has 4 rings (SSSR count). The van der Waals surface area contributed by atoms with E-state index in [4.69, 9.17) is 9.47 Å². The van der Waals surface area contributed by atoms with Gasteiger partial charge in [-0.15, -0.1) is 0 Å². The molecule has 3 aliphatic rings. The van der Waals surface area contributed by atoms with Crippen LogP contribution in [0.5, 0.6) is 0 Å². The predicted octanol–water partition coefficient (Wildman–Crippen LogP) is 3.84. The largest absolute Gasteiger partial charge is 0.350 e. The molecule has 0 N–H and O–H groups in total. The Kier molecular flexibility index (Phi) is 5.37. The Morgan fingerprint density at radius 3 is 2.50 bits per heavy atom. The molecule has 1 aliphatic carbocycles. The third-order valence-electron chi connectivity index (χ3n) is 6.43. The van der Waals surface area contributed by atoms with Gasteiger partial charge in [0.25, 0.3) is 5.91 Å². The van der Waals surface area contributed by atoms with Crippen LogP contribution in [0.3, 0.4) is 0 Å². The Morgan fingerprint density at radius 1 is 1.04 bits per heavy atom. The fourth-order valence-electron chi connectivity index (χ4n) is 5.13. The van der Waals surface area contributed by atoms with E-state index < -0.39 is 0 Å². The summed E-state index contributed by atoms with van der Waals surface area (Å²) in [6, 6.07) is 2.68. The Hall–Kier alpha value is -1.33. The molecule has 0 bridgehead atoms. The van der Waals surface area contributed by atoms with Gasteiger partial charge in [0, 0.05) is 36.4 Å². The molecule has 2 aliphatic heterocycles. The summed E-state index contributed by atoms with van der Waals surface area (Å²) in [7, 11) is 0. The van der Waals surface area contributed by atoms with Crippen LogP contribution >= 0.6 is 0 Å². The van der Waals surface area contributed by atoms with Gasteiger partial charge in [0.1, 0.15) is 0 Å². The van der Waals surface area contributed by atoms with Gasteiger partial charge in [-0.2, -0.15) is 0 Å². The third kappa shape index (κ3) is 3.44. The molecule has 1 saturated carbocycles. The minimum Gasteiger partial charge on any atom is -0.350 e. The molecule has 1 aromatic rings. The number of likely N-dealkylation sites (tertiary alicyclic amines) is 1. The zero-order valence-electron chi connectivity index (χ0n) is 16.2. The first-order valence-electron chi connectivity index (χ1n) is 10.4. The van der Waals surface area contributed by atoms with Crippen molar-refractivity contribution in [3.63, 3.8) is 0 Å². The van der Waals surface area contributed by atoms with Crippen molar-refractivity contribution in [1.82, 2.24) is 9.47 Å². The molecular formula is C21H32N2O3. The van der Waals surface area contributed by atoms with E-state index in [9.17, 15) is 4.79 Å². The second kappa shape index (κ2) is 7.73. The van der Waals surface area contributed by atoms with Crippen molar-refractivity contribution in [3.05, 3.63) is 23.0 Å². The van der Waals surface area contributed by atoms with Crippen molar-refractivity contribution in [1.29, 1.82) is 0 Å². The zero-order chi connectivity index (χ0) is 18.1. The Labute approximate surface area is 156 Å². The summed E-state index contributed by atoms with van der Waals surface area (Å²) >= 11 is 0. The van der Waals surface area contributed by atoms with Crippen molar-refractivity contribution in [3.8, 4) is 0 Å². The number of carbonyl (C=O) groups is 1. The summed E-state index contributed by atoms with van der Waals surface area (Å²) in [6.45, 7) is 7.22. The van der Waals surface area contributed by atoms with Crippen molar-refractivity contribution >= 4 is 5.91 Å². The quantitative estimate of drug-likeness (QED) is 0.823. The third-order valence-corrected chi connectivity index (χ3v) is 6.43. The van der Waals surface area contributed by atoms with Crippen LogP contribution in [0.25, 0.3) is 0 Å². The van der Waals surface area contributed by atoms with Crippen molar-refractivity contribution in [2.24, 2.45) is 5.92 Å². The minimum atomic E-state index is -0.125. The second-order valence-corrected chi connectivity index (χ2v) is 8.21. The summed E-state index contributed by atoms with van der Waals surface area (Å²) in [5.41, 5.74) is 3.27. The number of amides is 1. The number of nitrogens with zero attached hydrogens (tertiary/aromatic N) is 2. The molecule has 1 atom stereocenters. The van der Waals surface area contributed by atoms with Gasteiger partial charge in [-0.1, -0.05) is 19.3 Å². The van der Waals surface area contributed by atoms with Crippen LogP contribution in [0.4, 0.5) is 0 Å². The van der Waals surface area contributed by atoms with Gasteiger partial charge in [0.15, 0.2) is 6.29 Å². The number of rotatable bonds is 3. The predicted molar refractivity (Wildman–Crippen MR) is 100 cm³/mol. The van der Waals surface area contributed by atoms with Gasteiger partial charge < -0.3 is 18.9 Å². The molecular weight excluding hydrogens is 328 g/mol. The number of aryl methyl sites for hydroxylation is 1. The van der Waals surface area contributed by atoms with Gasteiger partial charge >= 0.3 is 0 Å². The lowest BCUT2D eigenvalue weighted by atomic mass is 9.95. The van der Waals surface area contributed by atoms with Crippen molar-refractivity contribution in [2.45, 2.75) is 71.1 Å². The molecule has 26 heavy (non-hydrogen) atoms. The fraction of sp³-hybridized carbons (Fsp3) is 0.762. The highest BCUT2D eigenvalue weighted by Gasteiger charge is 2.34. The normalized spacial score (nSPS) is 25.8. The van der Waals surface area contributed by atoms with Crippen LogP contribution in [0.2, 0.25) is 0 Å². The molecule has 1 unspecified atom stereocenters. The highest BCUT2D eigenvalue weighted by Crippen LogP contribution is 2.33. The van der Waals surface area contributed by atoms with Gasteiger partial charge in [-0.05, 0) is 45.6 Å². The summed E-state index contributed by atoms with van der Waals surface area (Å²) in [6.07, 6.45) is 8.43. The second-order valence-electron chi connectivity index (χ2n) is 8.21. The van der Waals surface area contributed by atoms with E-state index in [-0.39, 0.29) is 12.2 Å². The van der Waals surface area contributed by atoms with E-state index in [0.717, 1.165) is 37.2 Å². The van der Waals surface area contributed by atoms with Gasteiger partial charge in [-0.25, -0.2) is 0 Å². The summed E-state index contributed by atoms with van der Waals surface area (Å²) in [4.78, 5) is 15.3. The maximum atomic E-state index is 13.3. The number of hydrogen-bond donors (Lipinski definition) is 0. The topological polar surface area (TPSA) is 43.7 Å². The van der Waals surface area contributed by atoms with Crippen LogP contribution in [0.1, 0.15) is 72.7 Å². The van der Waals surface area contributed by atoms with E-state index in [2.05, 4.69) is 24.5 Å². The SMILES string of the molecule is Cc1cc(C(=O)N2CCCC(C3OCCO3)C2)c(C)n1C1CCCCC1. The Balaban J connectivity index is 1.50. The molecule has 3 heterocycles. The lowest BCUT2D eigenvalue weighted by Gasteiger charge is -2.34. The molecule has 0 radical (unpaired) electrons. The van der Waals surface area contributed by atoms with E-state index >= 15 is 0 Å². The van der Waals surface area contributed by atoms with E-state index in [0.29, 0.717) is 25.2 Å². The molecule has 5 nitrogen and oxygen atoms in total. The number of carbonyl (C=O) groups excluding carboxylic acids is 1. The van der Waals surface area contributed by atoms with Crippen LogP contribution in [0, 0.1) is 19.8 Å². The van der Waals surface area contributed by atoms with Gasteiger partial charge in [-0.3, -0.25) is 4.79 Å². The average molecular weight is 360 g/mol. The lowest BCUT2D eigenvalue weighted by Crippen LogP contribution is -2.44. The molecule has 2 saturated heterocycles. The molecule has 1 aromatic heterocycles. The Bertz CT molecular complexity index is 642. The van der Waals surface area contributed by atoms with Crippen LogP contribution in [0.15, 0.2) is 6.07 Å². The van der Waals surface area contributed by atoms with Crippen molar-refractivity contribution in [2.75, 3.05) is 26.3 Å². The van der Waals surface area contributed by atoms with Crippen LogP contribution < -0.4 is 0 Å². The summed E-state index contributed by atoms with van der Waals surface area (Å²) < 4.78 is 13.8. The van der Waals surface area contributed by atoms with E-state index in [1.165, 1.54) is 37.8 Å². The molecule has 144 valence electrons. The summed E-state index contributed by atoms with van der Waals surface area (Å²) in [5.74, 6) is 0.486. The number of aromatic nitrogens is 1. The first-order chi connectivity index (χ1) is 12.6. The first kappa shape index (κ1) is 18.1. The highest BCUT2D eigenvalue weighted by atomic mass is 16.7. The van der Waals surface area contributed by atoms with Crippen LogP contribution in [-0.2, 0) is 9.47 Å². The Morgan fingerprint density at radius 2 is 1.77 bits per heavy atom. The molecule has 0 aromatic carbocycles. The van der Waals surface area contributed by atoms with Crippen LogP contribution in [-0.4, -0.2) is 48.0 Å². The molecule has 5 heteroatoms. The zero-order valence-corrected chi connectivity index (χ0v) is 16.2. The van der Waals surface area contributed by atoms with Crippen molar-refractivity contribution < 1.29 is 14.3 Å². The first-order valence-corrected chi connectivity index (χ1v) is 10.4. The maximum absolute atomic E-state index is 13.3. The summed E-state index contributed by atoms with van der Waals surface area (Å²) in [5, 5.41) is 0. The van der Waals surface area contributed by atoms with Gasteiger partial charge in [0.05, 0.1) is 18.8 Å². The maximum Gasteiger partial charge on any atom is 0.255 e. The fourth-order valence-corrected chi connectivity index (χ4v) is 5.13. The molecule has 0 spiro atoms. The smallest absolute Gasteiger partial charge is 0.255 e. The standard InChI is InChI=1S/C21H32N2O3/c1-15-13-19(16(2)23(15)18-8-4-3-5-9-18)20(24)22-10-6-7-17(14-22)21-25-11-12-26-21/h13,17-18,21H,3-12,14H2,1-2H3. The van der Waals surface area contributed by atoms with E-state index in [1.807, 2.05) is 4.90 Å². The number of piperidine rings is 1. The highest BCUT2D eigenvalue weighted by molar-refractivity contribution is 5.95. The van der Waals surface area contributed by atoms with E-state index in [1.54, 1.807) is 0 Å². The number of ether oxygens (including phenoxy) is 2. The number of hydrogen-bond acceptors (Lipinski definition) is 3. The average Bonchev–Trinajstić information content (AvgIpc) is 3.30.